The minimum atomic E-state index is 0.182. The number of amides is 1. The Morgan fingerprint density at radius 3 is 3.12 bits per heavy atom. The normalized spacial score (nSPS) is 20.1. The highest BCUT2D eigenvalue weighted by molar-refractivity contribution is 5.80. The predicted molar refractivity (Wildman–Crippen MR) is 67.7 cm³/mol. The highest BCUT2D eigenvalue weighted by atomic mass is 16.2. The smallest absolute Gasteiger partial charge is 0.219 e. The number of carbonyl (C=O) groups excluding carboxylic acids is 1. The Morgan fingerprint density at radius 1 is 1.41 bits per heavy atom. The van der Waals surface area contributed by atoms with E-state index in [0.717, 1.165) is 24.9 Å². The Labute approximate surface area is 100 Å². The van der Waals surface area contributed by atoms with Gasteiger partial charge in [0.25, 0.3) is 0 Å². The summed E-state index contributed by atoms with van der Waals surface area (Å²) in [6.45, 7) is 2.55. The first kappa shape index (κ1) is 10.4. The van der Waals surface area contributed by atoms with Crippen LogP contribution in [0.4, 0.5) is 0 Å². The molecule has 1 N–H and O–H groups in total. The van der Waals surface area contributed by atoms with Gasteiger partial charge in [0.2, 0.25) is 5.91 Å². The second-order valence-electron chi connectivity index (χ2n) is 4.69. The molecule has 3 rings (SSSR count). The van der Waals surface area contributed by atoms with Crippen molar-refractivity contribution >= 4 is 16.8 Å². The number of aromatic nitrogens is 1. The second kappa shape index (κ2) is 3.91. The zero-order chi connectivity index (χ0) is 11.8. The van der Waals surface area contributed by atoms with Crippen molar-refractivity contribution < 1.29 is 4.79 Å². The van der Waals surface area contributed by atoms with E-state index in [1.165, 1.54) is 10.9 Å². The van der Waals surface area contributed by atoms with Crippen molar-refractivity contribution in [1.82, 2.24) is 9.88 Å². The summed E-state index contributed by atoms with van der Waals surface area (Å²) in [5.74, 6) is 0.182. The summed E-state index contributed by atoms with van der Waals surface area (Å²) in [7, 11) is 0. The standard InChI is InChI=1S/C14H16N2O/c1-10(17)16-8-2-3-14(16)12-4-5-13-11(9-12)6-7-15-13/h4-7,9,14-15H,2-3,8H2,1H3/t14-/m0/s1. The van der Waals surface area contributed by atoms with Crippen LogP contribution >= 0.6 is 0 Å². The van der Waals surface area contributed by atoms with E-state index in [9.17, 15) is 4.79 Å². The van der Waals surface area contributed by atoms with E-state index in [-0.39, 0.29) is 11.9 Å². The molecule has 1 aliphatic rings. The van der Waals surface area contributed by atoms with Crippen LogP contribution in [-0.2, 0) is 4.79 Å². The number of H-pyrrole nitrogens is 1. The molecule has 0 radical (unpaired) electrons. The first-order valence-corrected chi connectivity index (χ1v) is 6.10. The van der Waals surface area contributed by atoms with Crippen molar-refractivity contribution in [1.29, 1.82) is 0 Å². The largest absolute Gasteiger partial charge is 0.361 e. The molecular formula is C14H16N2O. The summed E-state index contributed by atoms with van der Waals surface area (Å²) in [6.07, 6.45) is 4.14. The topological polar surface area (TPSA) is 36.1 Å². The molecule has 1 amide bonds. The Hall–Kier alpha value is -1.77. The predicted octanol–water partition coefficient (Wildman–Crippen LogP) is 2.85. The summed E-state index contributed by atoms with van der Waals surface area (Å²) >= 11 is 0. The van der Waals surface area contributed by atoms with Crippen molar-refractivity contribution in [2.45, 2.75) is 25.8 Å². The van der Waals surface area contributed by atoms with E-state index in [2.05, 4.69) is 29.2 Å². The lowest BCUT2D eigenvalue weighted by Gasteiger charge is -2.23. The first-order chi connectivity index (χ1) is 8.25. The molecule has 1 fully saturated rings. The quantitative estimate of drug-likeness (QED) is 0.800. The van der Waals surface area contributed by atoms with E-state index in [1.54, 1.807) is 6.92 Å². The fraction of sp³-hybridized carbons (Fsp3) is 0.357. The van der Waals surface area contributed by atoms with Gasteiger partial charge in [-0.3, -0.25) is 4.79 Å². The lowest BCUT2D eigenvalue weighted by atomic mass is 10.0. The Bertz CT molecular complexity index is 558. The number of likely N-dealkylation sites (tertiary alicyclic amines) is 1. The van der Waals surface area contributed by atoms with Crippen molar-refractivity contribution in [3.8, 4) is 0 Å². The van der Waals surface area contributed by atoms with Crippen molar-refractivity contribution in [2.24, 2.45) is 0 Å². The van der Waals surface area contributed by atoms with Crippen molar-refractivity contribution in [2.75, 3.05) is 6.54 Å². The number of nitrogens with one attached hydrogen (secondary N) is 1. The van der Waals surface area contributed by atoms with Crippen LogP contribution in [0.1, 0.15) is 31.4 Å². The molecule has 0 aliphatic carbocycles. The third kappa shape index (κ3) is 1.71. The van der Waals surface area contributed by atoms with Gasteiger partial charge in [0, 0.05) is 25.2 Å². The third-order valence-corrected chi connectivity index (χ3v) is 3.62. The molecule has 1 aromatic heterocycles. The van der Waals surface area contributed by atoms with Crippen molar-refractivity contribution in [3.05, 3.63) is 36.0 Å². The number of aromatic amines is 1. The summed E-state index contributed by atoms with van der Waals surface area (Å²) in [4.78, 5) is 16.7. The Morgan fingerprint density at radius 2 is 2.29 bits per heavy atom. The average molecular weight is 228 g/mol. The van der Waals surface area contributed by atoms with Gasteiger partial charge in [-0.05, 0) is 42.0 Å². The molecule has 1 saturated heterocycles. The van der Waals surface area contributed by atoms with Gasteiger partial charge in [-0.15, -0.1) is 0 Å². The number of benzene rings is 1. The van der Waals surface area contributed by atoms with Gasteiger partial charge in [0.15, 0.2) is 0 Å². The van der Waals surface area contributed by atoms with Gasteiger partial charge in [-0.1, -0.05) is 6.07 Å². The molecule has 0 saturated carbocycles. The van der Waals surface area contributed by atoms with Crippen LogP contribution < -0.4 is 0 Å². The zero-order valence-corrected chi connectivity index (χ0v) is 9.94. The number of hydrogen-bond donors (Lipinski definition) is 1. The summed E-state index contributed by atoms with van der Waals surface area (Å²) in [5.41, 5.74) is 2.41. The molecule has 0 spiro atoms. The molecule has 88 valence electrons. The number of rotatable bonds is 1. The summed E-state index contributed by atoms with van der Waals surface area (Å²) < 4.78 is 0. The van der Waals surface area contributed by atoms with Crippen LogP contribution in [0.2, 0.25) is 0 Å². The minimum absolute atomic E-state index is 0.182. The maximum absolute atomic E-state index is 11.6. The van der Waals surface area contributed by atoms with Crippen LogP contribution in [0.15, 0.2) is 30.5 Å². The van der Waals surface area contributed by atoms with E-state index in [0.29, 0.717) is 0 Å². The number of hydrogen-bond acceptors (Lipinski definition) is 1. The lowest BCUT2D eigenvalue weighted by Crippen LogP contribution is -2.27. The van der Waals surface area contributed by atoms with Crippen LogP contribution in [0.5, 0.6) is 0 Å². The third-order valence-electron chi connectivity index (χ3n) is 3.62. The van der Waals surface area contributed by atoms with Gasteiger partial charge in [-0.25, -0.2) is 0 Å². The fourth-order valence-corrected chi connectivity index (χ4v) is 2.77. The highest BCUT2D eigenvalue weighted by Crippen LogP contribution is 2.33. The van der Waals surface area contributed by atoms with Crippen LogP contribution in [0.25, 0.3) is 10.9 Å². The average Bonchev–Trinajstić information content (AvgIpc) is 2.96. The highest BCUT2D eigenvalue weighted by Gasteiger charge is 2.27. The van der Waals surface area contributed by atoms with Gasteiger partial charge in [0.05, 0.1) is 6.04 Å². The molecule has 3 heteroatoms. The van der Waals surface area contributed by atoms with Gasteiger partial charge < -0.3 is 9.88 Å². The van der Waals surface area contributed by atoms with Crippen LogP contribution in [-0.4, -0.2) is 22.3 Å². The van der Waals surface area contributed by atoms with Gasteiger partial charge in [-0.2, -0.15) is 0 Å². The molecule has 17 heavy (non-hydrogen) atoms. The number of nitrogens with zero attached hydrogens (tertiary/aromatic N) is 1. The maximum atomic E-state index is 11.6. The molecule has 1 aliphatic heterocycles. The molecular weight excluding hydrogens is 212 g/mol. The van der Waals surface area contributed by atoms with Gasteiger partial charge in [0.1, 0.15) is 0 Å². The molecule has 2 aromatic rings. The lowest BCUT2D eigenvalue weighted by molar-refractivity contribution is -0.129. The van der Waals surface area contributed by atoms with Crippen molar-refractivity contribution in [3.63, 3.8) is 0 Å². The molecule has 1 atom stereocenters. The fourth-order valence-electron chi connectivity index (χ4n) is 2.77. The van der Waals surface area contributed by atoms with E-state index >= 15 is 0 Å². The van der Waals surface area contributed by atoms with E-state index in [4.69, 9.17) is 0 Å². The first-order valence-electron chi connectivity index (χ1n) is 6.10. The monoisotopic (exact) mass is 228 g/mol. The summed E-state index contributed by atoms with van der Waals surface area (Å²) in [5, 5.41) is 1.22. The van der Waals surface area contributed by atoms with Gasteiger partial charge >= 0.3 is 0 Å². The zero-order valence-electron chi connectivity index (χ0n) is 9.94. The minimum Gasteiger partial charge on any atom is -0.361 e. The van der Waals surface area contributed by atoms with E-state index in [1.807, 2.05) is 11.1 Å². The van der Waals surface area contributed by atoms with E-state index < -0.39 is 0 Å². The second-order valence-corrected chi connectivity index (χ2v) is 4.69. The Kier molecular flexibility index (Phi) is 2.39. The van der Waals surface area contributed by atoms with Crippen LogP contribution in [0, 0.1) is 0 Å². The Balaban J connectivity index is 1.99. The summed E-state index contributed by atoms with van der Waals surface area (Å²) in [6, 6.07) is 8.77. The molecule has 0 bridgehead atoms. The SMILES string of the molecule is CC(=O)N1CCC[C@H]1c1ccc2[nH]ccc2c1. The van der Waals surface area contributed by atoms with Crippen LogP contribution in [0.3, 0.4) is 0 Å². The number of carbonyl (C=O) groups is 1. The molecule has 1 aromatic carbocycles. The maximum Gasteiger partial charge on any atom is 0.219 e. The molecule has 3 nitrogen and oxygen atoms in total. The molecule has 2 heterocycles. The molecule has 0 unspecified atom stereocenters. The number of fused-ring (bicyclic) bond motifs is 1.